The van der Waals surface area contributed by atoms with E-state index in [1.165, 1.54) is 16.7 Å². The fourth-order valence-electron chi connectivity index (χ4n) is 2.24. The van der Waals surface area contributed by atoms with Crippen molar-refractivity contribution < 1.29 is 0 Å². The third-order valence-corrected chi connectivity index (χ3v) is 3.43. The van der Waals surface area contributed by atoms with Crippen molar-refractivity contribution in [3.63, 3.8) is 0 Å². The van der Waals surface area contributed by atoms with Gasteiger partial charge in [0.2, 0.25) is 0 Å². The van der Waals surface area contributed by atoms with Gasteiger partial charge in [0, 0.05) is 13.1 Å². The Balaban J connectivity index is 0.00000120. The van der Waals surface area contributed by atoms with Gasteiger partial charge in [0.1, 0.15) is 0 Å². The van der Waals surface area contributed by atoms with Crippen LogP contribution in [0, 0.1) is 0 Å². The highest BCUT2D eigenvalue weighted by molar-refractivity contribution is 5.85. The normalized spacial score (nSPS) is 16.5. The third kappa shape index (κ3) is 2.27. The summed E-state index contributed by atoms with van der Waals surface area (Å²) in [6.45, 7) is 1.73. The van der Waals surface area contributed by atoms with Gasteiger partial charge in [-0.25, -0.2) is 0 Å². The minimum absolute atomic E-state index is 0. The Morgan fingerprint density at radius 3 is 2.17 bits per heavy atom. The summed E-state index contributed by atoms with van der Waals surface area (Å²) in [5.41, 5.74) is 9.83. The van der Waals surface area contributed by atoms with Gasteiger partial charge in [0.25, 0.3) is 0 Å². The van der Waals surface area contributed by atoms with Crippen LogP contribution in [0.25, 0.3) is 11.1 Å². The van der Waals surface area contributed by atoms with E-state index in [-0.39, 0.29) is 17.9 Å². The lowest BCUT2D eigenvalue weighted by Crippen LogP contribution is -2.62. The molecule has 1 fully saturated rings. The predicted octanol–water partition coefficient (Wildman–Crippen LogP) is 2.53. The highest BCUT2D eigenvalue weighted by Gasteiger charge is 2.34. The largest absolute Gasteiger partial charge is 0.319 e. The first-order valence-corrected chi connectivity index (χ1v) is 5.93. The van der Waals surface area contributed by atoms with Crippen molar-refractivity contribution in [1.82, 2.24) is 5.32 Å². The molecule has 0 amide bonds. The summed E-state index contributed by atoms with van der Waals surface area (Å²) in [6.07, 6.45) is 0. The Hall–Kier alpha value is -1.35. The van der Waals surface area contributed by atoms with Crippen LogP contribution in [0.5, 0.6) is 0 Å². The van der Waals surface area contributed by atoms with Gasteiger partial charge in [0.15, 0.2) is 0 Å². The van der Waals surface area contributed by atoms with Crippen LogP contribution in [0.1, 0.15) is 5.56 Å². The standard InChI is InChI=1S/C15H16N2.ClH/c16-15(10-17-11-15)14-8-4-7-13(9-14)12-5-2-1-3-6-12;/h1-9,17H,10-11,16H2;1H. The molecule has 1 heterocycles. The van der Waals surface area contributed by atoms with Gasteiger partial charge >= 0.3 is 0 Å². The number of hydrogen-bond acceptors (Lipinski definition) is 2. The zero-order valence-electron chi connectivity index (χ0n) is 10.1. The minimum atomic E-state index is -0.176. The first-order chi connectivity index (χ1) is 8.28. The fraction of sp³-hybridized carbons (Fsp3) is 0.200. The Labute approximate surface area is 114 Å². The highest BCUT2D eigenvalue weighted by atomic mass is 35.5. The summed E-state index contributed by atoms with van der Waals surface area (Å²) in [4.78, 5) is 0. The van der Waals surface area contributed by atoms with Gasteiger partial charge < -0.3 is 11.1 Å². The summed E-state index contributed by atoms with van der Waals surface area (Å²) in [7, 11) is 0. The Bertz CT molecular complexity index is 521. The summed E-state index contributed by atoms with van der Waals surface area (Å²) in [5, 5.41) is 3.23. The molecule has 94 valence electrons. The van der Waals surface area contributed by atoms with Crippen LogP contribution < -0.4 is 11.1 Å². The lowest BCUT2D eigenvalue weighted by molar-refractivity contribution is 0.287. The van der Waals surface area contributed by atoms with E-state index in [1.807, 2.05) is 6.07 Å². The van der Waals surface area contributed by atoms with Crippen LogP contribution >= 0.6 is 12.4 Å². The van der Waals surface area contributed by atoms with E-state index >= 15 is 0 Å². The summed E-state index contributed by atoms with van der Waals surface area (Å²) < 4.78 is 0. The topological polar surface area (TPSA) is 38.0 Å². The molecule has 0 radical (unpaired) electrons. The predicted molar refractivity (Wildman–Crippen MR) is 77.9 cm³/mol. The summed E-state index contributed by atoms with van der Waals surface area (Å²) >= 11 is 0. The molecular weight excluding hydrogens is 244 g/mol. The van der Waals surface area contributed by atoms with Crippen molar-refractivity contribution in [1.29, 1.82) is 0 Å². The molecule has 0 aromatic heterocycles. The molecule has 3 heteroatoms. The first-order valence-electron chi connectivity index (χ1n) is 5.93. The molecular formula is C15H17ClN2. The molecule has 3 N–H and O–H groups in total. The van der Waals surface area contributed by atoms with Gasteiger partial charge in [-0.3, -0.25) is 0 Å². The quantitative estimate of drug-likeness (QED) is 0.871. The Morgan fingerprint density at radius 1 is 0.889 bits per heavy atom. The average molecular weight is 261 g/mol. The maximum atomic E-state index is 6.31. The average Bonchev–Trinajstić information content (AvgIpc) is 2.37. The SMILES string of the molecule is Cl.NC1(c2cccc(-c3ccccc3)c2)CNC1. The van der Waals surface area contributed by atoms with Crippen molar-refractivity contribution in [3.05, 3.63) is 60.2 Å². The van der Waals surface area contributed by atoms with Gasteiger partial charge in [-0.2, -0.15) is 0 Å². The molecule has 0 unspecified atom stereocenters. The van der Waals surface area contributed by atoms with Gasteiger partial charge in [0.05, 0.1) is 5.54 Å². The molecule has 0 atom stereocenters. The van der Waals surface area contributed by atoms with Crippen LogP contribution in [0.2, 0.25) is 0 Å². The maximum Gasteiger partial charge on any atom is 0.0662 e. The summed E-state index contributed by atoms with van der Waals surface area (Å²) in [5.74, 6) is 0. The zero-order valence-corrected chi connectivity index (χ0v) is 10.9. The molecule has 18 heavy (non-hydrogen) atoms. The molecule has 2 aromatic rings. The van der Waals surface area contributed by atoms with Crippen molar-refractivity contribution in [2.24, 2.45) is 5.73 Å². The van der Waals surface area contributed by atoms with Gasteiger partial charge in [-0.1, -0.05) is 48.5 Å². The van der Waals surface area contributed by atoms with E-state index in [2.05, 4.69) is 53.8 Å². The second kappa shape index (κ2) is 5.11. The fourth-order valence-corrected chi connectivity index (χ4v) is 2.24. The second-order valence-electron chi connectivity index (χ2n) is 4.71. The van der Waals surface area contributed by atoms with Crippen LogP contribution in [0.3, 0.4) is 0 Å². The van der Waals surface area contributed by atoms with Crippen molar-refractivity contribution in [2.45, 2.75) is 5.54 Å². The monoisotopic (exact) mass is 260 g/mol. The molecule has 1 aliphatic rings. The van der Waals surface area contributed by atoms with Crippen LogP contribution in [-0.4, -0.2) is 13.1 Å². The van der Waals surface area contributed by atoms with Crippen molar-refractivity contribution in [2.75, 3.05) is 13.1 Å². The van der Waals surface area contributed by atoms with Crippen LogP contribution in [0.4, 0.5) is 0 Å². The number of hydrogen-bond donors (Lipinski definition) is 2. The number of nitrogens with two attached hydrogens (primary N) is 1. The molecule has 0 aliphatic carbocycles. The first kappa shape index (κ1) is 13.1. The molecule has 0 spiro atoms. The molecule has 1 saturated heterocycles. The number of rotatable bonds is 2. The molecule has 2 nitrogen and oxygen atoms in total. The molecule has 3 rings (SSSR count). The van der Waals surface area contributed by atoms with Crippen LogP contribution in [-0.2, 0) is 5.54 Å². The van der Waals surface area contributed by atoms with Gasteiger partial charge in [-0.05, 0) is 22.8 Å². The van der Waals surface area contributed by atoms with E-state index in [0.29, 0.717) is 0 Å². The van der Waals surface area contributed by atoms with Gasteiger partial charge in [-0.15, -0.1) is 12.4 Å². The van der Waals surface area contributed by atoms with Crippen LogP contribution in [0.15, 0.2) is 54.6 Å². The third-order valence-electron chi connectivity index (χ3n) is 3.43. The number of nitrogens with one attached hydrogen (secondary N) is 1. The smallest absolute Gasteiger partial charge is 0.0662 e. The van der Waals surface area contributed by atoms with E-state index in [4.69, 9.17) is 5.73 Å². The van der Waals surface area contributed by atoms with E-state index in [9.17, 15) is 0 Å². The number of halogens is 1. The zero-order chi connectivity index (χ0) is 11.7. The molecule has 0 bridgehead atoms. The lowest BCUT2D eigenvalue weighted by atomic mass is 9.84. The number of benzene rings is 2. The molecule has 1 aliphatic heterocycles. The summed E-state index contributed by atoms with van der Waals surface area (Å²) in [6, 6.07) is 19.0. The second-order valence-corrected chi connectivity index (χ2v) is 4.71. The molecule has 0 saturated carbocycles. The Kier molecular flexibility index (Phi) is 3.71. The Morgan fingerprint density at radius 2 is 1.56 bits per heavy atom. The van der Waals surface area contributed by atoms with E-state index < -0.39 is 0 Å². The van der Waals surface area contributed by atoms with Crippen molar-refractivity contribution >= 4 is 12.4 Å². The maximum absolute atomic E-state index is 6.31. The molecule has 2 aromatic carbocycles. The van der Waals surface area contributed by atoms with Crippen molar-refractivity contribution in [3.8, 4) is 11.1 Å². The highest BCUT2D eigenvalue weighted by Crippen LogP contribution is 2.27. The minimum Gasteiger partial charge on any atom is -0.319 e. The lowest BCUT2D eigenvalue weighted by Gasteiger charge is -2.39. The van der Waals surface area contributed by atoms with E-state index in [0.717, 1.165) is 13.1 Å². The van der Waals surface area contributed by atoms with E-state index in [1.54, 1.807) is 0 Å².